The molecule has 0 fully saturated rings. The minimum absolute atomic E-state index is 0.359. The van der Waals surface area contributed by atoms with Crippen molar-refractivity contribution in [1.82, 2.24) is 0 Å². The van der Waals surface area contributed by atoms with Crippen molar-refractivity contribution in [1.29, 1.82) is 0 Å². The van der Waals surface area contributed by atoms with Crippen molar-refractivity contribution in [3.8, 4) is 0 Å². The molecule has 17 heavy (non-hydrogen) atoms. The zero-order chi connectivity index (χ0) is 12.8. The Kier molecular flexibility index (Phi) is 4.69. The topological polar surface area (TPSA) is 46.6 Å². The number of rotatable bonds is 5. The van der Waals surface area contributed by atoms with Gasteiger partial charge in [-0.3, -0.25) is 4.79 Å². The van der Waals surface area contributed by atoms with Gasteiger partial charge >= 0.3 is 5.97 Å². The van der Waals surface area contributed by atoms with Crippen molar-refractivity contribution in [3.63, 3.8) is 0 Å². The molecule has 0 aliphatic rings. The highest BCUT2D eigenvalue weighted by Crippen LogP contribution is 2.19. The van der Waals surface area contributed by atoms with Crippen molar-refractivity contribution in [2.24, 2.45) is 0 Å². The minimum atomic E-state index is -0.359. The fourth-order valence-corrected chi connectivity index (χ4v) is 1.65. The Morgan fingerprint density at radius 1 is 1.47 bits per heavy atom. The van der Waals surface area contributed by atoms with Crippen LogP contribution in [0.2, 0.25) is 0 Å². The molecule has 0 aliphatic carbocycles. The third-order valence-corrected chi connectivity index (χ3v) is 2.54. The summed E-state index contributed by atoms with van der Waals surface area (Å²) in [6.07, 6.45) is 1.69. The summed E-state index contributed by atoms with van der Waals surface area (Å²) in [4.78, 5) is 23.9. The molecule has 0 heterocycles. The summed E-state index contributed by atoms with van der Waals surface area (Å²) in [6, 6.07) is 5.25. The third-order valence-electron chi connectivity index (χ3n) is 2.54. The standard InChI is InChI=1S/C13H17NO3/c1-4-7-14(9-15)11-5-6-12(10(2)8-11)13(16)17-3/h5-6,8-9H,4,7H2,1-3H3. The number of nitrogens with zero attached hydrogens (tertiary/aromatic N) is 1. The Hall–Kier alpha value is -1.84. The number of amides is 1. The zero-order valence-electron chi connectivity index (χ0n) is 10.4. The number of benzene rings is 1. The average Bonchev–Trinajstić information content (AvgIpc) is 2.35. The number of aryl methyl sites for hydroxylation is 1. The molecule has 0 unspecified atom stereocenters. The van der Waals surface area contributed by atoms with E-state index in [4.69, 9.17) is 0 Å². The van der Waals surface area contributed by atoms with Crippen LogP contribution in [0, 0.1) is 6.92 Å². The van der Waals surface area contributed by atoms with Gasteiger partial charge in [0.1, 0.15) is 0 Å². The smallest absolute Gasteiger partial charge is 0.338 e. The molecule has 92 valence electrons. The molecular weight excluding hydrogens is 218 g/mol. The third kappa shape index (κ3) is 3.06. The maximum absolute atomic E-state index is 11.4. The second-order valence-corrected chi connectivity index (χ2v) is 3.79. The largest absolute Gasteiger partial charge is 0.465 e. The quantitative estimate of drug-likeness (QED) is 0.580. The molecular formula is C13H17NO3. The van der Waals surface area contributed by atoms with Gasteiger partial charge in [-0.2, -0.15) is 0 Å². The Labute approximate surface area is 101 Å². The van der Waals surface area contributed by atoms with E-state index >= 15 is 0 Å². The molecule has 0 saturated carbocycles. The second-order valence-electron chi connectivity index (χ2n) is 3.79. The highest BCUT2D eigenvalue weighted by atomic mass is 16.5. The molecule has 0 atom stereocenters. The maximum Gasteiger partial charge on any atom is 0.338 e. The molecule has 0 spiro atoms. The van der Waals surface area contributed by atoms with Crippen LogP contribution >= 0.6 is 0 Å². The summed E-state index contributed by atoms with van der Waals surface area (Å²) in [5, 5.41) is 0. The Balaban J connectivity index is 3.02. The number of hydrogen-bond acceptors (Lipinski definition) is 3. The lowest BCUT2D eigenvalue weighted by molar-refractivity contribution is -0.107. The number of anilines is 1. The van der Waals surface area contributed by atoms with E-state index in [1.807, 2.05) is 19.9 Å². The second kappa shape index (κ2) is 6.03. The van der Waals surface area contributed by atoms with E-state index in [2.05, 4.69) is 4.74 Å². The summed E-state index contributed by atoms with van der Waals surface area (Å²) in [7, 11) is 1.35. The van der Waals surface area contributed by atoms with Gasteiger partial charge < -0.3 is 9.64 Å². The van der Waals surface area contributed by atoms with Crippen LogP contribution in [-0.2, 0) is 9.53 Å². The normalized spacial score (nSPS) is 9.82. The molecule has 4 heteroatoms. The lowest BCUT2D eigenvalue weighted by atomic mass is 10.1. The molecule has 1 aromatic carbocycles. The van der Waals surface area contributed by atoms with Gasteiger partial charge in [-0.25, -0.2) is 4.79 Å². The summed E-state index contributed by atoms with van der Waals surface area (Å²) >= 11 is 0. The first-order valence-corrected chi connectivity index (χ1v) is 5.55. The highest BCUT2D eigenvalue weighted by Gasteiger charge is 2.11. The van der Waals surface area contributed by atoms with E-state index in [-0.39, 0.29) is 5.97 Å². The van der Waals surface area contributed by atoms with Crippen molar-refractivity contribution < 1.29 is 14.3 Å². The summed E-state index contributed by atoms with van der Waals surface area (Å²) in [5.41, 5.74) is 2.13. The molecule has 4 nitrogen and oxygen atoms in total. The number of hydrogen-bond donors (Lipinski definition) is 0. The fourth-order valence-electron chi connectivity index (χ4n) is 1.65. The van der Waals surface area contributed by atoms with E-state index in [1.54, 1.807) is 17.0 Å². The maximum atomic E-state index is 11.4. The van der Waals surface area contributed by atoms with Gasteiger partial charge in [0.15, 0.2) is 0 Å². The number of esters is 1. The van der Waals surface area contributed by atoms with Crippen LogP contribution in [0.15, 0.2) is 18.2 Å². The molecule has 1 aromatic rings. The minimum Gasteiger partial charge on any atom is -0.465 e. The van der Waals surface area contributed by atoms with Crippen LogP contribution in [0.3, 0.4) is 0 Å². The lowest BCUT2D eigenvalue weighted by Crippen LogP contribution is -2.22. The Bertz CT molecular complexity index is 415. The molecule has 1 rings (SSSR count). The van der Waals surface area contributed by atoms with Gasteiger partial charge in [0, 0.05) is 12.2 Å². The van der Waals surface area contributed by atoms with Gasteiger partial charge in [0.25, 0.3) is 0 Å². The molecule has 0 aliphatic heterocycles. The van der Waals surface area contributed by atoms with Gasteiger partial charge in [-0.1, -0.05) is 6.92 Å². The van der Waals surface area contributed by atoms with E-state index in [0.29, 0.717) is 12.1 Å². The summed E-state index contributed by atoms with van der Waals surface area (Å²) in [5.74, 6) is -0.359. The van der Waals surface area contributed by atoms with Crippen LogP contribution < -0.4 is 4.90 Å². The van der Waals surface area contributed by atoms with Gasteiger partial charge in [0.2, 0.25) is 6.41 Å². The van der Waals surface area contributed by atoms with Crippen LogP contribution in [0.1, 0.15) is 29.3 Å². The van der Waals surface area contributed by atoms with E-state index in [9.17, 15) is 9.59 Å². The zero-order valence-corrected chi connectivity index (χ0v) is 10.4. The SMILES string of the molecule is CCCN(C=O)c1ccc(C(=O)OC)c(C)c1. The number of methoxy groups -OCH3 is 1. The number of carbonyl (C=O) groups excluding carboxylic acids is 2. The first-order valence-electron chi connectivity index (χ1n) is 5.55. The van der Waals surface area contributed by atoms with Crippen LogP contribution in [0.5, 0.6) is 0 Å². The van der Waals surface area contributed by atoms with Crippen LogP contribution in [-0.4, -0.2) is 26.0 Å². The van der Waals surface area contributed by atoms with E-state index < -0.39 is 0 Å². The van der Waals surface area contributed by atoms with Gasteiger partial charge in [0.05, 0.1) is 12.7 Å². The summed E-state index contributed by atoms with van der Waals surface area (Å²) in [6.45, 7) is 4.50. The average molecular weight is 235 g/mol. The molecule has 0 radical (unpaired) electrons. The molecule has 1 amide bonds. The van der Waals surface area contributed by atoms with Crippen LogP contribution in [0.25, 0.3) is 0 Å². The molecule has 0 saturated heterocycles. The van der Waals surface area contributed by atoms with Crippen molar-refractivity contribution in [2.75, 3.05) is 18.6 Å². The van der Waals surface area contributed by atoms with Gasteiger partial charge in [-0.15, -0.1) is 0 Å². The Morgan fingerprint density at radius 3 is 2.65 bits per heavy atom. The molecule has 0 bridgehead atoms. The fraction of sp³-hybridized carbons (Fsp3) is 0.385. The number of ether oxygens (including phenoxy) is 1. The van der Waals surface area contributed by atoms with Crippen molar-refractivity contribution >= 4 is 18.1 Å². The highest BCUT2D eigenvalue weighted by molar-refractivity contribution is 5.92. The Morgan fingerprint density at radius 2 is 2.18 bits per heavy atom. The first-order chi connectivity index (χ1) is 8.13. The van der Waals surface area contributed by atoms with Crippen LogP contribution in [0.4, 0.5) is 5.69 Å². The lowest BCUT2D eigenvalue weighted by Gasteiger charge is -2.17. The summed E-state index contributed by atoms with van der Waals surface area (Å²) < 4.78 is 4.67. The predicted octanol–water partition coefficient (Wildman–Crippen LogP) is 2.15. The van der Waals surface area contributed by atoms with E-state index in [1.165, 1.54) is 7.11 Å². The van der Waals surface area contributed by atoms with Crippen molar-refractivity contribution in [2.45, 2.75) is 20.3 Å². The molecule has 0 N–H and O–H groups in total. The molecule has 0 aromatic heterocycles. The predicted molar refractivity (Wildman–Crippen MR) is 66.2 cm³/mol. The van der Waals surface area contributed by atoms with E-state index in [0.717, 1.165) is 24.1 Å². The monoisotopic (exact) mass is 235 g/mol. The van der Waals surface area contributed by atoms with Gasteiger partial charge in [-0.05, 0) is 37.1 Å². The number of carbonyl (C=O) groups is 2. The first kappa shape index (κ1) is 13.2. The van der Waals surface area contributed by atoms with Crippen molar-refractivity contribution in [3.05, 3.63) is 29.3 Å².